The number of carboxylic acid groups (broad SMARTS) is 1. The Labute approximate surface area is 303 Å². The van der Waals surface area contributed by atoms with E-state index in [9.17, 15) is 39.0 Å². The van der Waals surface area contributed by atoms with Gasteiger partial charge in [-0.2, -0.15) is 0 Å². The Morgan fingerprint density at radius 2 is 1.27 bits per heavy atom. The topological polar surface area (TPSA) is 203 Å². The van der Waals surface area contributed by atoms with Crippen molar-refractivity contribution < 1.29 is 39.0 Å². The van der Waals surface area contributed by atoms with Gasteiger partial charge in [0, 0.05) is 49.1 Å². The molecule has 0 saturated heterocycles. The van der Waals surface area contributed by atoms with Crippen LogP contribution in [0, 0.1) is 0 Å². The highest BCUT2D eigenvalue weighted by Gasteiger charge is 2.32. The molecule has 0 unspecified atom stereocenters. The van der Waals surface area contributed by atoms with Crippen molar-refractivity contribution in [3.63, 3.8) is 0 Å². The summed E-state index contributed by atoms with van der Waals surface area (Å²) in [6, 6.07) is 20.0. The number of carbonyl (C=O) groups excluding carboxylic acids is 5. The third kappa shape index (κ3) is 11.0. The first-order valence-electron chi connectivity index (χ1n) is 16.7. The molecule has 1 aromatic heterocycles. The number of phenols is 1. The zero-order chi connectivity index (χ0) is 37.0. The van der Waals surface area contributed by atoms with E-state index in [0.717, 1.165) is 4.88 Å². The largest absolute Gasteiger partial charge is 0.508 e. The van der Waals surface area contributed by atoms with E-state index in [1.807, 2.05) is 5.38 Å². The lowest BCUT2D eigenvalue weighted by Gasteiger charge is -2.26. The van der Waals surface area contributed by atoms with E-state index >= 15 is 0 Å². The molecular formula is C38H39N5O8S. The fourth-order valence-corrected chi connectivity index (χ4v) is 6.47. The molecule has 13 nitrogen and oxygen atoms in total. The standard InChI is InChI=1S/C38H39N5O8S/c44-27-9-4-8-25(18-27)21-30-35(47)41-29(19-23-6-2-1-3-7-23)36(48)43-32(38(50)51)20-24-11-13-26(14-12-24)39-33(45)15-16-34(46)40-31(37(49)42-30)22-28-10-5-17-52-28/h1-14,17-18,29-32,44H,15-16,19-22H2,(H,39,45)(H,40,46)(H,41,47)(H,42,49)(H,43,48)(H,50,51)/t29-,30+,31-,32+/m1/s1. The van der Waals surface area contributed by atoms with Crippen LogP contribution in [0.25, 0.3) is 0 Å². The fourth-order valence-electron chi connectivity index (χ4n) is 5.72. The van der Waals surface area contributed by atoms with Gasteiger partial charge in [0.2, 0.25) is 29.5 Å². The van der Waals surface area contributed by atoms with Gasteiger partial charge >= 0.3 is 5.97 Å². The van der Waals surface area contributed by atoms with Crippen LogP contribution >= 0.6 is 11.3 Å². The third-order valence-electron chi connectivity index (χ3n) is 8.41. The van der Waals surface area contributed by atoms with Gasteiger partial charge in [0.15, 0.2) is 0 Å². The first-order chi connectivity index (χ1) is 25.0. The lowest BCUT2D eigenvalue weighted by atomic mass is 10.0. The van der Waals surface area contributed by atoms with Crippen LogP contribution in [0.3, 0.4) is 0 Å². The Balaban J connectivity index is 1.50. The number of aliphatic carboxylic acids is 1. The van der Waals surface area contributed by atoms with Crippen LogP contribution in [0.1, 0.15) is 34.4 Å². The molecule has 0 spiro atoms. The molecule has 3 aromatic carbocycles. The molecule has 2 aliphatic rings. The van der Waals surface area contributed by atoms with Crippen molar-refractivity contribution in [1.82, 2.24) is 21.3 Å². The lowest BCUT2D eigenvalue weighted by Crippen LogP contribution is -2.59. The number of aromatic hydroxyl groups is 1. The van der Waals surface area contributed by atoms with Crippen LogP contribution in [0.15, 0.2) is 96.4 Å². The minimum absolute atomic E-state index is 0.00298. The summed E-state index contributed by atoms with van der Waals surface area (Å²) in [5, 5.41) is 35.4. The van der Waals surface area contributed by atoms with E-state index < -0.39 is 59.7 Å². The van der Waals surface area contributed by atoms with Gasteiger partial charge in [0.1, 0.15) is 29.9 Å². The minimum atomic E-state index is -1.37. The van der Waals surface area contributed by atoms with Crippen LogP contribution in [-0.2, 0) is 54.5 Å². The molecule has 14 heteroatoms. The third-order valence-corrected chi connectivity index (χ3v) is 9.31. The predicted molar refractivity (Wildman–Crippen MR) is 193 cm³/mol. The number of anilines is 1. The van der Waals surface area contributed by atoms with Crippen LogP contribution in [-0.4, -0.2) is 69.9 Å². The van der Waals surface area contributed by atoms with E-state index in [-0.39, 0.29) is 44.3 Å². The number of amides is 5. The number of phenolic OH excluding ortho intramolecular Hbond substituents is 1. The lowest BCUT2D eigenvalue weighted by molar-refractivity contribution is -0.142. The number of thiophene rings is 1. The van der Waals surface area contributed by atoms with Gasteiger partial charge in [0.25, 0.3) is 0 Å². The van der Waals surface area contributed by atoms with E-state index in [0.29, 0.717) is 22.4 Å². The Kier molecular flexibility index (Phi) is 12.7. The molecule has 4 aromatic rings. The molecule has 2 bridgehead atoms. The van der Waals surface area contributed by atoms with E-state index in [1.54, 1.807) is 78.9 Å². The molecule has 7 N–H and O–H groups in total. The van der Waals surface area contributed by atoms with Crippen molar-refractivity contribution in [3.05, 3.63) is 118 Å². The molecule has 0 radical (unpaired) electrons. The molecule has 0 aliphatic carbocycles. The summed E-state index contributed by atoms with van der Waals surface area (Å²) in [5.41, 5.74) is 2.17. The highest BCUT2D eigenvalue weighted by Crippen LogP contribution is 2.17. The Bertz CT molecular complexity index is 1880. The number of nitrogens with one attached hydrogen (secondary N) is 5. The predicted octanol–water partition coefficient (Wildman–Crippen LogP) is 2.48. The summed E-state index contributed by atoms with van der Waals surface area (Å²) >= 11 is 1.38. The average Bonchev–Trinajstić information content (AvgIpc) is 3.63. The molecule has 52 heavy (non-hydrogen) atoms. The fraction of sp³-hybridized carbons (Fsp3) is 0.263. The van der Waals surface area contributed by atoms with Gasteiger partial charge in [-0.05, 0) is 52.4 Å². The van der Waals surface area contributed by atoms with Gasteiger partial charge in [-0.3, -0.25) is 24.0 Å². The van der Waals surface area contributed by atoms with Crippen molar-refractivity contribution in [2.24, 2.45) is 0 Å². The monoisotopic (exact) mass is 725 g/mol. The molecule has 0 fully saturated rings. The van der Waals surface area contributed by atoms with Crippen LogP contribution in [0.2, 0.25) is 0 Å². The second-order valence-corrected chi connectivity index (χ2v) is 13.5. The maximum atomic E-state index is 14.1. The number of fused-ring (bicyclic) bond motifs is 18. The zero-order valence-electron chi connectivity index (χ0n) is 28.0. The van der Waals surface area contributed by atoms with Crippen LogP contribution < -0.4 is 26.6 Å². The van der Waals surface area contributed by atoms with Gasteiger partial charge < -0.3 is 36.8 Å². The van der Waals surface area contributed by atoms with E-state index in [4.69, 9.17) is 0 Å². The molecule has 6 rings (SSSR count). The molecule has 0 saturated carbocycles. The summed E-state index contributed by atoms with van der Waals surface area (Å²) in [4.78, 5) is 80.8. The summed E-state index contributed by atoms with van der Waals surface area (Å²) in [7, 11) is 0. The molecule has 2 aliphatic heterocycles. The number of hydrogen-bond donors (Lipinski definition) is 7. The molecule has 3 heterocycles. The summed E-state index contributed by atoms with van der Waals surface area (Å²) in [6.45, 7) is 0. The van der Waals surface area contributed by atoms with Gasteiger partial charge in [-0.15, -0.1) is 11.3 Å². The van der Waals surface area contributed by atoms with Crippen molar-refractivity contribution in [2.75, 3.05) is 5.32 Å². The van der Waals surface area contributed by atoms with Crippen molar-refractivity contribution in [3.8, 4) is 5.75 Å². The SMILES string of the molecule is O=C1CCC(=O)N[C@H](Cc2cccs2)C(=O)N[C@@H](Cc2cccc(O)c2)C(=O)N[C@H](Cc2ccccc2)C(=O)N[C@H](C(=O)O)Cc2ccc(cc2)N1. The highest BCUT2D eigenvalue weighted by atomic mass is 32.1. The van der Waals surface area contributed by atoms with Gasteiger partial charge in [-0.25, -0.2) is 4.79 Å². The first-order valence-corrected chi connectivity index (χ1v) is 17.6. The van der Waals surface area contributed by atoms with E-state index in [2.05, 4.69) is 26.6 Å². The van der Waals surface area contributed by atoms with Crippen LogP contribution in [0.4, 0.5) is 5.69 Å². The first kappa shape index (κ1) is 37.2. The maximum absolute atomic E-state index is 14.1. The van der Waals surface area contributed by atoms with E-state index in [1.165, 1.54) is 23.5 Å². The molecule has 5 amide bonds. The number of carboxylic acids is 1. The summed E-state index contributed by atoms with van der Waals surface area (Å²) in [6.07, 6.45) is -0.491. The Morgan fingerprint density at radius 1 is 0.654 bits per heavy atom. The molecule has 4 atom stereocenters. The molecule has 270 valence electrons. The minimum Gasteiger partial charge on any atom is -0.508 e. The van der Waals surface area contributed by atoms with Gasteiger partial charge in [0.05, 0.1) is 0 Å². The smallest absolute Gasteiger partial charge is 0.326 e. The zero-order valence-corrected chi connectivity index (χ0v) is 28.9. The quantitative estimate of drug-likeness (QED) is 0.141. The van der Waals surface area contributed by atoms with Crippen LogP contribution in [0.5, 0.6) is 5.75 Å². The summed E-state index contributed by atoms with van der Waals surface area (Å²) < 4.78 is 0. The second kappa shape index (κ2) is 17.8. The van der Waals surface area contributed by atoms with Gasteiger partial charge in [-0.1, -0.05) is 60.7 Å². The Hall–Kier alpha value is -6.02. The van der Waals surface area contributed by atoms with Crippen molar-refractivity contribution >= 4 is 52.5 Å². The summed E-state index contributed by atoms with van der Waals surface area (Å²) in [5.74, 6) is -4.56. The normalized spacial score (nSPS) is 20.7. The Morgan fingerprint density at radius 3 is 1.90 bits per heavy atom. The number of rotatable bonds is 7. The van der Waals surface area contributed by atoms with Crippen molar-refractivity contribution in [2.45, 2.75) is 62.7 Å². The number of carbonyl (C=O) groups is 6. The second-order valence-electron chi connectivity index (χ2n) is 12.4. The highest BCUT2D eigenvalue weighted by molar-refractivity contribution is 7.09. The maximum Gasteiger partial charge on any atom is 0.326 e. The molecular weight excluding hydrogens is 687 g/mol. The number of benzene rings is 3. The average molecular weight is 726 g/mol. The number of hydrogen-bond acceptors (Lipinski definition) is 8. The van der Waals surface area contributed by atoms with Crippen molar-refractivity contribution in [1.29, 1.82) is 0 Å².